The number of para-hydroxylation sites is 8. The lowest BCUT2D eigenvalue weighted by Gasteiger charge is -2.34. The van der Waals surface area contributed by atoms with Crippen LogP contribution in [-0.4, -0.2) is 0 Å². The summed E-state index contributed by atoms with van der Waals surface area (Å²) in [5, 5.41) is 16.4. The van der Waals surface area contributed by atoms with E-state index in [1.54, 1.807) is 0 Å². The Balaban J connectivity index is 0.000000144. The average molecular weight is 1530 g/mol. The third-order valence-electron chi connectivity index (χ3n) is 24.6. The van der Waals surface area contributed by atoms with Gasteiger partial charge in [0.15, 0.2) is 0 Å². The Morgan fingerprint density at radius 3 is 0.983 bits per heavy atom. The summed E-state index contributed by atoms with van der Waals surface area (Å²) >= 11 is 0. The molecular formula is C113H80N4O2. The van der Waals surface area contributed by atoms with E-state index in [2.05, 4.69) is 470 Å². The molecule has 6 heteroatoms. The number of anilines is 11. The second-order valence-electron chi connectivity index (χ2n) is 31.9. The Hall–Kier alpha value is -15.2. The van der Waals surface area contributed by atoms with Crippen LogP contribution in [0.5, 0.6) is 0 Å². The number of hydrogen-bond acceptors (Lipinski definition) is 6. The van der Waals surface area contributed by atoms with E-state index in [0.29, 0.717) is 11.8 Å². The molecule has 21 aromatic rings. The zero-order chi connectivity index (χ0) is 79.1. The third kappa shape index (κ3) is 12.3. The summed E-state index contributed by atoms with van der Waals surface area (Å²) in [4.78, 5) is 9.27. The van der Waals surface area contributed by atoms with Crippen molar-refractivity contribution >= 4 is 160 Å². The van der Waals surface area contributed by atoms with Crippen LogP contribution >= 0.6 is 0 Å². The molecule has 2 aliphatic carbocycles. The van der Waals surface area contributed by atoms with Gasteiger partial charge in [-0.2, -0.15) is 0 Å². The van der Waals surface area contributed by atoms with Gasteiger partial charge in [-0.15, -0.1) is 0 Å². The zero-order valence-electron chi connectivity index (χ0n) is 65.8. The van der Waals surface area contributed by atoms with Crippen LogP contribution in [0, 0.1) is 5.92 Å². The first kappa shape index (κ1) is 70.4. The van der Waals surface area contributed by atoms with Crippen molar-refractivity contribution in [3.63, 3.8) is 0 Å². The van der Waals surface area contributed by atoms with Crippen LogP contribution in [0.15, 0.2) is 451 Å². The molecule has 0 saturated carbocycles. The van der Waals surface area contributed by atoms with Crippen molar-refractivity contribution in [3.8, 4) is 22.3 Å². The fraction of sp³-hybridized carbons (Fsp3) is 0.0442. The lowest BCUT2D eigenvalue weighted by atomic mass is 9.73. The molecule has 0 N–H and O–H groups in total. The third-order valence-corrected chi connectivity index (χ3v) is 24.6. The molecule has 2 aliphatic rings. The van der Waals surface area contributed by atoms with E-state index in [0.717, 1.165) is 117 Å². The molecule has 2 unspecified atom stereocenters. The Labute approximate surface area is 691 Å². The van der Waals surface area contributed by atoms with Crippen LogP contribution in [0.25, 0.3) is 120 Å². The Kier molecular flexibility index (Phi) is 17.3. The number of benzene rings is 19. The van der Waals surface area contributed by atoms with Gasteiger partial charge in [-0.25, -0.2) is 0 Å². The van der Waals surface area contributed by atoms with E-state index in [-0.39, 0.29) is 5.41 Å². The topological polar surface area (TPSA) is 39.2 Å². The molecule has 0 spiro atoms. The summed E-state index contributed by atoms with van der Waals surface area (Å²) in [6.45, 7) is 4.86. The van der Waals surface area contributed by atoms with Gasteiger partial charge in [0.05, 0.1) is 0 Å². The first-order chi connectivity index (χ1) is 58.8. The number of nitrogens with zero attached hydrogens (tertiary/aromatic N) is 4. The summed E-state index contributed by atoms with van der Waals surface area (Å²) in [5.74, 6) is 0.638. The molecule has 0 bridgehead atoms. The van der Waals surface area contributed by atoms with Gasteiger partial charge in [-0.05, 0) is 258 Å². The van der Waals surface area contributed by atoms with Crippen molar-refractivity contribution < 1.29 is 8.83 Å². The van der Waals surface area contributed by atoms with Crippen LogP contribution in [-0.2, 0) is 5.41 Å². The van der Waals surface area contributed by atoms with Crippen molar-refractivity contribution in [2.45, 2.75) is 25.2 Å². The van der Waals surface area contributed by atoms with Crippen LogP contribution < -0.4 is 19.6 Å². The van der Waals surface area contributed by atoms with E-state index in [1.807, 2.05) is 0 Å². The first-order valence-electron chi connectivity index (χ1n) is 41.1. The maximum Gasteiger partial charge on any atom is 0.143 e. The van der Waals surface area contributed by atoms with Crippen molar-refractivity contribution in [3.05, 3.63) is 454 Å². The van der Waals surface area contributed by atoms with Gasteiger partial charge < -0.3 is 28.4 Å². The van der Waals surface area contributed by atoms with Crippen LogP contribution in [0.1, 0.15) is 30.9 Å². The largest absolute Gasteiger partial charge is 0.455 e. The summed E-state index contributed by atoms with van der Waals surface area (Å²) < 4.78 is 13.9. The summed E-state index contributed by atoms with van der Waals surface area (Å²) in [6.07, 6.45) is 7.29. The van der Waals surface area contributed by atoms with Gasteiger partial charge in [-0.3, -0.25) is 0 Å². The minimum atomic E-state index is -0.0789. The average Bonchev–Trinajstić information content (AvgIpc) is 1.60. The molecule has 23 rings (SSSR count). The number of furan rings is 2. The molecule has 0 amide bonds. The predicted molar refractivity (Wildman–Crippen MR) is 501 cm³/mol. The standard InChI is InChI=1S/C59H44N2O.C54H36N2O/c1-59(2)54-36-40(27-31-48(54)49-33-29-45(37-55(49)59)60(41-17-7-3-8-18-41)42-19-9-4-10-20-42)39-28-32-51-53(35-39)47-25-15-16-26-50(47)57-52-34-30-46(38-56(52)62-58(51)57)61(43-21-11-5-12-22-43)44-23-13-6-14-24-44;1-5-15-41(16-6-1)55(42-17-7-2-8-18-42)45-29-27-38-33-37(25-26-39(38)34-45)40-28-31-49-51(35-40)47-23-13-14-24-48(47)53-50-32-30-46(36-52(50)57-54(49)53)56(43-19-9-3-10-20-43)44-21-11-4-12-22-44/h3-38,49,55H,1-2H3;1-36H. The number of allylic oxidation sites excluding steroid dienone is 3. The Bertz CT molecular complexity index is 7360. The van der Waals surface area contributed by atoms with E-state index in [4.69, 9.17) is 8.83 Å². The van der Waals surface area contributed by atoms with Gasteiger partial charge in [0.1, 0.15) is 22.3 Å². The van der Waals surface area contributed by atoms with Crippen LogP contribution in [0.4, 0.5) is 62.6 Å². The van der Waals surface area contributed by atoms with Gasteiger partial charge in [0.25, 0.3) is 0 Å². The van der Waals surface area contributed by atoms with E-state index < -0.39 is 0 Å². The SMILES string of the molecule is CC1(C)c2cc(-c3ccc4c(c3)c3ccccc3c3c5ccc(N(c6ccccc6)c6ccccc6)cc5oc43)ccc2C2C=CC(N(c3ccccc3)c3ccccc3)=CC21.c1ccc(N(c2ccccc2)c2ccc3cc(-c4ccc5c(c4)c4ccccc4c4c6ccc(N(c7ccccc7)c7ccccc7)cc6oc54)ccc3c2)cc1. The van der Waals surface area contributed by atoms with E-state index >= 15 is 0 Å². The number of rotatable bonds is 14. The molecule has 564 valence electrons. The van der Waals surface area contributed by atoms with Gasteiger partial charge in [-0.1, -0.05) is 269 Å². The lowest BCUT2D eigenvalue weighted by molar-refractivity contribution is 0.392. The molecule has 0 fully saturated rings. The molecule has 2 atom stereocenters. The Morgan fingerprint density at radius 2 is 0.563 bits per heavy atom. The molecule has 2 heterocycles. The van der Waals surface area contributed by atoms with Gasteiger partial charge in [0.2, 0.25) is 0 Å². The molecule has 0 saturated heterocycles. The molecule has 0 radical (unpaired) electrons. The molecule has 0 aliphatic heterocycles. The lowest BCUT2D eigenvalue weighted by Crippen LogP contribution is -2.28. The van der Waals surface area contributed by atoms with Crippen molar-refractivity contribution in [2.24, 2.45) is 5.92 Å². The highest BCUT2D eigenvalue weighted by atomic mass is 16.3. The Morgan fingerprint density at radius 1 is 0.244 bits per heavy atom. The van der Waals surface area contributed by atoms with Crippen molar-refractivity contribution in [1.29, 1.82) is 0 Å². The minimum Gasteiger partial charge on any atom is -0.455 e. The fourth-order valence-corrected chi connectivity index (χ4v) is 19.0. The fourth-order valence-electron chi connectivity index (χ4n) is 19.0. The normalized spacial score (nSPS) is 14.1. The monoisotopic (exact) mass is 1520 g/mol. The molecule has 119 heavy (non-hydrogen) atoms. The van der Waals surface area contributed by atoms with E-state index in [9.17, 15) is 0 Å². The summed E-state index contributed by atoms with van der Waals surface area (Å²) in [6, 6.07) is 150. The van der Waals surface area contributed by atoms with E-state index in [1.165, 1.54) is 82.2 Å². The maximum absolute atomic E-state index is 6.96. The highest BCUT2D eigenvalue weighted by Gasteiger charge is 2.46. The number of hydrogen-bond donors (Lipinski definition) is 0. The zero-order valence-corrected chi connectivity index (χ0v) is 65.8. The molecule has 19 aromatic carbocycles. The maximum atomic E-state index is 6.96. The summed E-state index contributed by atoms with van der Waals surface area (Å²) in [7, 11) is 0. The van der Waals surface area contributed by atoms with Crippen molar-refractivity contribution in [1.82, 2.24) is 0 Å². The van der Waals surface area contributed by atoms with Gasteiger partial charge in [0, 0.05) is 119 Å². The molecule has 6 nitrogen and oxygen atoms in total. The molecule has 2 aromatic heterocycles. The smallest absolute Gasteiger partial charge is 0.143 e. The van der Waals surface area contributed by atoms with Crippen LogP contribution in [0.2, 0.25) is 0 Å². The minimum absolute atomic E-state index is 0.0789. The highest BCUT2D eigenvalue weighted by Crippen LogP contribution is 2.56. The predicted octanol–water partition coefficient (Wildman–Crippen LogP) is 32.0. The quantitative estimate of drug-likeness (QED) is 0.101. The van der Waals surface area contributed by atoms with Gasteiger partial charge >= 0.3 is 0 Å². The summed E-state index contributed by atoms with van der Waals surface area (Å²) in [5.41, 5.74) is 24.6. The van der Waals surface area contributed by atoms with Crippen molar-refractivity contribution in [2.75, 3.05) is 19.6 Å². The first-order valence-corrected chi connectivity index (χ1v) is 41.1. The second kappa shape index (κ2) is 29.2. The van der Waals surface area contributed by atoms with Crippen LogP contribution in [0.3, 0.4) is 0 Å². The molecular weight excluding hydrogens is 1450 g/mol. The number of fused-ring (bicyclic) bond motifs is 20. The highest BCUT2D eigenvalue weighted by molar-refractivity contribution is 6.32. The second-order valence-corrected chi connectivity index (χ2v) is 31.9.